The van der Waals surface area contributed by atoms with Gasteiger partial charge in [-0.2, -0.15) is 29.9 Å². The van der Waals surface area contributed by atoms with E-state index in [1.807, 2.05) is 78.9 Å². The molecule has 16 aromatic carbocycles. The maximum absolute atomic E-state index is 6.50. The lowest BCUT2D eigenvalue weighted by Gasteiger charge is -2.12. The molecule has 0 aliphatic rings. The minimum Gasteiger partial charge on any atom is -0.455 e. The summed E-state index contributed by atoms with van der Waals surface area (Å²) in [6.45, 7) is 0. The van der Waals surface area contributed by atoms with Crippen LogP contribution in [0.2, 0.25) is 15.9 Å². The standard InChI is InChI=1S/C37H22ClN3O.2C31H18ClN3S/c38-37-40-35(25-19-17-24(18-20-25)23-9-2-1-3-10-23)39-36(41-37)27-21-26-11-4-5-12-28(26)32(22-27)31-15-8-14-30-29-13-6-7-16-33(29)42-34(30)31;32-31-34-29(23-9-5-8-21(17-23)22-13-12-19-6-1-2-7-20(19)16-22)33-30(35-31)24-14-15-28-26(18-24)25-10-3-4-11-27(25)36-28;32-31-34-29(20-14-17-28-26(18-20)24-12-6-7-13-27(24)36-28)33-30(35-31)25-16-15-21(19-8-2-1-3-9-19)22-10-4-5-11-23(22)25/h1-22H;2*1-18H. The molecule has 0 saturated carbocycles. The summed E-state index contributed by atoms with van der Waals surface area (Å²) < 4.78 is 11.4. The molecule has 0 aliphatic carbocycles. The summed E-state index contributed by atoms with van der Waals surface area (Å²) in [6, 6.07) is 121. The molecule has 0 atom stereocenters. The molecule has 0 bridgehead atoms. The molecular weight excluding hydrogens is 1500 g/mol. The number of halogens is 3. The van der Waals surface area contributed by atoms with Crippen LogP contribution < -0.4 is 0 Å². The Bertz CT molecular complexity index is 7500. The van der Waals surface area contributed by atoms with Crippen LogP contribution in [-0.4, -0.2) is 44.9 Å². The van der Waals surface area contributed by atoms with Gasteiger partial charge in [0.25, 0.3) is 0 Å². The third-order valence-electron chi connectivity index (χ3n) is 20.6. The van der Waals surface area contributed by atoms with E-state index in [2.05, 4.69) is 303 Å². The Morgan fingerprint density at radius 3 is 1.25 bits per heavy atom. The summed E-state index contributed by atoms with van der Waals surface area (Å²) in [4.78, 5) is 41.6. The van der Waals surface area contributed by atoms with Crippen LogP contribution in [0.5, 0.6) is 0 Å². The van der Waals surface area contributed by atoms with E-state index in [4.69, 9.17) is 54.2 Å². The van der Waals surface area contributed by atoms with Gasteiger partial charge in [-0.1, -0.05) is 267 Å². The summed E-state index contributed by atoms with van der Waals surface area (Å²) in [5.41, 5.74) is 16.0. The molecule has 0 spiro atoms. The Balaban J connectivity index is 0.000000111. The van der Waals surface area contributed by atoms with E-state index in [9.17, 15) is 0 Å². The largest absolute Gasteiger partial charge is 0.455 e. The number of nitrogens with zero attached hydrogens (tertiary/aromatic N) is 9. The van der Waals surface area contributed by atoms with Gasteiger partial charge in [0, 0.05) is 90.1 Å². The van der Waals surface area contributed by atoms with Crippen LogP contribution in [0.4, 0.5) is 0 Å². The average Bonchev–Trinajstić information content (AvgIpc) is 1.49. The fourth-order valence-corrected chi connectivity index (χ4v) is 17.8. The average molecular weight is 1560 g/mol. The molecule has 22 aromatic rings. The van der Waals surface area contributed by atoms with Crippen LogP contribution in [0.3, 0.4) is 0 Å². The van der Waals surface area contributed by atoms with E-state index < -0.39 is 0 Å². The lowest BCUT2D eigenvalue weighted by Crippen LogP contribution is -1.98. The highest BCUT2D eigenvalue weighted by Gasteiger charge is 2.21. The van der Waals surface area contributed by atoms with Gasteiger partial charge in [0.05, 0.1) is 0 Å². The first kappa shape index (κ1) is 69.6. The zero-order valence-corrected chi connectivity index (χ0v) is 64.3. The second-order valence-corrected chi connectivity index (χ2v) is 30.7. The highest BCUT2D eigenvalue weighted by Crippen LogP contribution is 2.44. The zero-order valence-electron chi connectivity index (χ0n) is 60.4. The van der Waals surface area contributed by atoms with Crippen molar-refractivity contribution < 1.29 is 4.42 Å². The zero-order chi connectivity index (χ0) is 76.2. The first-order chi connectivity index (χ1) is 56.2. The van der Waals surface area contributed by atoms with Crippen molar-refractivity contribution in [1.29, 1.82) is 0 Å². The topological polar surface area (TPSA) is 129 Å². The molecule has 0 fully saturated rings. The first-order valence-corrected chi connectivity index (χ1v) is 39.8. The van der Waals surface area contributed by atoms with E-state index in [0.29, 0.717) is 34.9 Å². The Hall–Kier alpha value is -13.6. The molecule has 114 heavy (non-hydrogen) atoms. The Morgan fingerprint density at radius 1 is 0.193 bits per heavy atom. The van der Waals surface area contributed by atoms with Gasteiger partial charge >= 0.3 is 0 Å². The Morgan fingerprint density at radius 2 is 0.596 bits per heavy atom. The summed E-state index contributed by atoms with van der Waals surface area (Å²) in [5, 5.41) is 14.4. The predicted octanol–water partition coefficient (Wildman–Crippen LogP) is 28.3. The summed E-state index contributed by atoms with van der Waals surface area (Å²) in [6.07, 6.45) is 0. The van der Waals surface area contributed by atoms with Gasteiger partial charge < -0.3 is 4.42 Å². The van der Waals surface area contributed by atoms with E-state index >= 15 is 0 Å². The van der Waals surface area contributed by atoms with Gasteiger partial charge in [-0.05, 0) is 191 Å². The van der Waals surface area contributed by atoms with Crippen LogP contribution in [0.25, 0.3) is 207 Å². The number of thiophene rings is 2. The number of para-hydroxylation sites is 2. The van der Waals surface area contributed by atoms with Crippen LogP contribution in [0.1, 0.15) is 0 Å². The van der Waals surface area contributed by atoms with Crippen molar-refractivity contribution in [3.8, 4) is 113 Å². The third kappa shape index (κ3) is 13.6. The molecule has 0 N–H and O–H groups in total. The molecule has 0 amide bonds. The van der Waals surface area contributed by atoms with Gasteiger partial charge in [0.1, 0.15) is 11.2 Å². The minimum absolute atomic E-state index is 0.149. The number of aromatic nitrogens is 9. The van der Waals surface area contributed by atoms with Crippen molar-refractivity contribution in [2.24, 2.45) is 0 Å². The number of rotatable bonds is 10. The molecule has 0 unspecified atom stereocenters. The van der Waals surface area contributed by atoms with Crippen molar-refractivity contribution in [1.82, 2.24) is 44.9 Å². The predicted molar refractivity (Wildman–Crippen MR) is 474 cm³/mol. The lowest BCUT2D eigenvalue weighted by molar-refractivity contribution is 0.670. The molecule has 0 radical (unpaired) electrons. The summed E-state index contributed by atoms with van der Waals surface area (Å²) in [5.74, 6) is 3.30. The van der Waals surface area contributed by atoms with Crippen molar-refractivity contribution in [2.45, 2.75) is 0 Å². The fraction of sp³-hybridized carbons (Fsp3) is 0. The van der Waals surface area contributed by atoms with Crippen LogP contribution in [0, 0.1) is 0 Å². The lowest BCUT2D eigenvalue weighted by atomic mass is 9.94. The second kappa shape index (κ2) is 29.9. The molecular formula is C99H58Cl3N9OS2. The van der Waals surface area contributed by atoms with E-state index in [0.717, 1.165) is 110 Å². The number of benzene rings is 16. The second-order valence-electron chi connectivity index (χ2n) is 27.6. The minimum atomic E-state index is 0.149. The van der Waals surface area contributed by atoms with E-state index in [-0.39, 0.29) is 15.9 Å². The van der Waals surface area contributed by atoms with Crippen LogP contribution in [0.15, 0.2) is 356 Å². The van der Waals surface area contributed by atoms with Crippen molar-refractivity contribution >= 4 is 152 Å². The van der Waals surface area contributed by atoms with Gasteiger partial charge in [-0.25, -0.2) is 15.0 Å². The van der Waals surface area contributed by atoms with Gasteiger partial charge in [-0.15, -0.1) is 22.7 Å². The van der Waals surface area contributed by atoms with E-state index in [1.165, 1.54) is 62.2 Å². The highest BCUT2D eigenvalue weighted by atomic mass is 35.5. The smallest absolute Gasteiger partial charge is 0.226 e. The maximum Gasteiger partial charge on any atom is 0.226 e. The number of fused-ring (bicyclic) bond motifs is 12. The molecule has 0 aliphatic heterocycles. The molecule has 0 saturated heterocycles. The highest BCUT2D eigenvalue weighted by molar-refractivity contribution is 7.26. The first-order valence-electron chi connectivity index (χ1n) is 37.0. The molecule has 6 heterocycles. The molecule has 538 valence electrons. The molecule has 15 heteroatoms. The quantitative estimate of drug-likeness (QED) is 0.130. The SMILES string of the molecule is Clc1nc(-c2ccc(-c3ccccc3)cc2)nc(-c2cc(-c3cccc4c3oc3ccccc34)c3ccccc3c2)n1.Clc1nc(-c2ccc3sc4ccccc4c3c2)nc(-c2ccc(-c3ccccc3)c3ccccc23)n1.Clc1nc(-c2cccc(-c3ccc4ccccc4c3)c2)nc(-c2ccc3sc4ccccc4c3c2)n1. The Kier molecular flexibility index (Phi) is 18.3. The fourth-order valence-electron chi connectivity index (χ4n) is 15.2. The normalized spacial score (nSPS) is 11.5. The molecule has 10 nitrogen and oxygen atoms in total. The monoisotopic (exact) mass is 1560 g/mol. The summed E-state index contributed by atoms with van der Waals surface area (Å²) >= 11 is 22.9. The van der Waals surface area contributed by atoms with Crippen LogP contribution in [-0.2, 0) is 0 Å². The van der Waals surface area contributed by atoms with Crippen molar-refractivity contribution in [2.75, 3.05) is 0 Å². The number of hydrogen-bond donors (Lipinski definition) is 0. The number of hydrogen-bond acceptors (Lipinski definition) is 12. The number of furan rings is 1. The Labute approximate surface area is 676 Å². The van der Waals surface area contributed by atoms with Gasteiger partial charge in [0.15, 0.2) is 34.9 Å². The van der Waals surface area contributed by atoms with Gasteiger partial charge in [0.2, 0.25) is 15.9 Å². The van der Waals surface area contributed by atoms with Gasteiger partial charge in [-0.3, -0.25) is 0 Å². The van der Waals surface area contributed by atoms with E-state index in [1.54, 1.807) is 22.7 Å². The van der Waals surface area contributed by atoms with Crippen molar-refractivity contribution in [3.63, 3.8) is 0 Å². The van der Waals surface area contributed by atoms with Crippen LogP contribution >= 0.6 is 57.5 Å². The third-order valence-corrected chi connectivity index (χ3v) is 23.4. The maximum atomic E-state index is 6.50. The van der Waals surface area contributed by atoms with Crippen molar-refractivity contribution in [3.05, 3.63) is 368 Å². The summed E-state index contributed by atoms with van der Waals surface area (Å²) in [7, 11) is 0. The molecule has 6 aromatic heterocycles. The molecule has 22 rings (SSSR count).